The Morgan fingerprint density at radius 2 is 1.74 bits per heavy atom. The Labute approximate surface area is 200 Å². The van der Waals surface area contributed by atoms with Crippen molar-refractivity contribution in [3.05, 3.63) is 77.0 Å². The fourth-order valence-corrected chi connectivity index (χ4v) is 4.20. The highest BCUT2D eigenvalue weighted by Gasteiger charge is 2.29. The Hall–Kier alpha value is -3.45. The average Bonchev–Trinajstić information content (AvgIpc) is 3.36. The standard InChI is InChI=1S/C27H32N4O3/c1-4-30-12-14-31(15-13-30)27(33)24(17-21-8-6-5-7-9-21)28-26(32)23-18-25(34-29-23)22-11-10-19(2)20(3)16-22/h5-11,16,18,24H,4,12-15,17H2,1-3H3,(H,28,32)/t24-/m0/s1. The third-order valence-electron chi connectivity index (χ3n) is 6.55. The van der Waals surface area contributed by atoms with Gasteiger partial charge in [-0.2, -0.15) is 0 Å². The van der Waals surface area contributed by atoms with E-state index in [9.17, 15) is 9.59 Å². The summed E-state index contributed by atoms with van der Waals surface area (Å²) in [7, 11) is 0. The molecule has 7 heteroatoms. The number of benzene rings is 2. The molecule has 0 radical (unpaired) electrons. The van der Waals surface area contributed by atoms with Gasteiger partial charge in [-0.05, 0) is 43.1 Å². The normalized spacial score (nSPS) is 15.2. The van der Waals surface area contributed by atoms with Crippen LogP contribution in [0.25, 0.3) is 11.3 Å². The molecule has 1 N–H and O–H groups in total. The molecule has 1 aromatic heterocycles. The van der Waals surface area contributed by atoms with Crippen molar-refractivity contribution in [2.24, 2.45) is 0 Å². The molecule has 3 aromatic rings. The minimum absolute atomic E-state index is 0.0640. The lowest BCUT2D eigenvalue weighted by Crippen LogP contribution is -2.55. The van der Waals surface area contributed by atoms with E-state index >= 15 is 0 Å². The van der Waals surface area contributed by atoms with Gasteiger partial charge in [0.15, 0.2) is 11.5 Å². The van der Waals surface area contributed by atoms with E-state index < -0.39 is 11.9 Å². The van der Waals surface area contributed by atoms with Crippen molar-refractivity contribution in [2.75, 3.05) is 32.7 Å². The molecule has 0 aliphatic carbocycles. The summed E-state index contributed by atoms with van der Waals surface area (Å²) in [5, 5.41) is 6.90. The van der Waals surface area contributed by atoms with Gasteiger partial charge < -0.3 is 19.6 Å². The molecule has 1 aliphatic heterocycles. The SMILES string of the molecule is CCN1CCN(C(=O)[C@H](Cc2ccccc2)NC(=O)c2cc(-c3ccc(C)c(C)c3)on2)CC1. The summed E-state index contributed by atoms with van der Waals surface area (Å²) in [6, 6.07) is 16.7. The van der Waals surface area contributed by atoms with E-state index in [1.165, 1.54) is 5.56 Å². The lowest BCUT2D eigenvalue weighted by Gasteiger charge is -2.36. The van der Waals surface area contributed by atoms with Gasteiger partial charge in [-0.3, -0.25) is 9.59 Å². The number of aryl methyl sites for hydroxylation is 2. The second-order valence-electron chi connectivity index (χ2n) is 8.85. The first kappa shape index (κ1) is 23.7. The van der Waals surface area contributed by atoms with Gasteiger partial charge in [-0.25, -0.2) is 0 Å². The molecule has 0 spiro atoms. The van der Waals surface area contributed by atoms with Gasteiger partial charge >= 0.3 is 0 Å². The van der Waals surface area contributed by atoms with E-state index in [0.29, 0.717) is 25.3 Å². The second-order valence-corrected chi connectivity index (χ2v) is 8.85. The van der Waals surface area contributed by atoms with Crippen LogP contribution in [-0.4, -0.2) is 65.5 Å². The van der Waals surface area contributed by atoms with Gasteiger partial charge in [-0.1, -0.05) is 54.5 Å². The summed E-state index contributed by atoms with van der Waals surface area (Å²) in [5.41, 5.74) is 4.33. The molecule has 1 aliphatic rings. The zero-order valence-corrected chi connectivity index (χ0v) is 20.1. The molecule has 178 valence electrons. The summed E-state index contributed by atoms with van der Waals surface area (Å²) >= 11 is 0. The predicted octanol–water partition coefficient (Wildman–Crippen LogP) is 3.46. The molecule has 1 fully saturated rings. The monoisotopic (exact) mass is 460 g/mol. The van der Waals surface area contributed by atoms with Crippen LogP contribution in [0.2, 0.25) is 0 Å². The second kappa shape index (κ2) is 10.7. The number of hydrogen-bond acceptors (Lipinski definition) is 5. The van der Waals surface area contributed by atoms with E-state index in [-0.39, 0.29) is 11.6 Å². The van der Waals surface area contributed by atoms with Gasteiger partial charge in [-0.15, -0.1) is 0 Å². The number of hydrogen-bond donors (Lipinski definition) is 1. The van der Waals surface area contributed by atoms with E-state index in [2.05, 4.69) is 22.3 Å². The summed E-state index contributed by atoms with van der Waals surface area (Å²) in [5.74, 6) is 0.0426. The summed E-state index contributed by atoms with van der Waals surface area (Å²) < 4.78 is 5.46. The number of rotatable bonds is 7. The van der Waals surface area contributed by atoms with Crippen LogP contribution in [0, 0.1) is 13.8 Å². The third kappa shape index (κ3) is 5.54. The maximum absolute atomic E-state index is 13.4. The Morgan fingerprint density at radius 3 is 2.41 bits per heavy atom. The number of nitrogens with one attached hydrogen (secondary N) is 1. The first-order chi connectivity index (χ1) is 16.4. The summed E-state index contributed by atoms with van der Waals surface area (Å²) in [4.78, 5) is 30.7. The van der Waals surface area contributed by atoms with Crippen molar-refractivity contribution >= 4 is 11.8 Å². The molecule has 2 heterocycles. The maximum Gasteiger partial charge on any atom is 0.274 e. The largest absolute Gasteiger partial charge is 0.355 e. The quantitative estimate of drug-likeness (QED) is 0.584. The van der Waals surface area contributed by atoms with E-state index in [4.69, 9.17) is 4.52 Å². The number of nitrogens with zero attached hydrogens (tertiary/aromatic N) is 3. The Kier molecular flexibility index (Phi) is 7.43. The van der Waals surface area contributed by atoms with Crippen LogP contribution in [0.4, 0.5) is 0 Å². The number of carbonyl (C=O) groups is 2. The van der Waals surface area contributed by atoms with Crippen LogP contribution >= 0.6 is 0 Å². The van der Waals surface area contributed by atoms with Gasteiger partial charge in [0.05, 0.1) is 0 Å². The zero-order valence-electron chi connectivity index (χ0n) is 20.1. The molecule has 0 bridgehead atoms. The molecule has 1 atom stereocenters. The lowest BCUT2D eigenvalue weighted by atomic mass is 10.0. The number of aromatic nitrogens is 1. The highest BCUT2D eigenvalue weighted by atomic mass is 16.5. The molecule has 2 amide bonds. The first-order valence-corrected chi connectivity index (χ1v) is 11.8. The topological polar surface area (TPSA) is 78.7 Å². The van der Waals surface area contributed by atoms with Crippen LogP contribution in [0.1, 0.15) is 34.1 Å². The molecule has 0 saturated carbocycles. The highest BCUT2D eigenvalue weighted by molar-refractivity contribution is 5.96. The Morgan fingerprint density at radius 1 is 1.00 bits per heavy atom. The lowest BCUT2D eigenvalue weighted by molar-refractivity contribution is -0.135. The van der Waals surface area contributed by atoms with Crippen LogP contribution in [-0.2, 0) is 11.2 Å². The number of carbonyl (C=O) groups excluding carboxylic acids is 2. The minimum Gasteiger partial charge on any atom is -0.355 e. The predicted molar refractivity (Wildman–Crippen MR) is 132 cm³/mol. The minimum atomic E-state index is -0.676. The van der Waals surface area contributed by atoms with Gasteiger partial charge in [0.1, 0.15) is 6.04 Å². The average molecular weight is 461 g/mol. The van der Waals surface area contributed by atoms with Crippen molar-refractivity contribution in [2.45, 2.75) is 33.2 Å². The first-order valence-electron chi connectivity index (χ1n) is 11.8. The Balaban J connectivity index is 1.50. The van der Waals surface area contributed by atoms with Crippen molar-refractivity contribution in [1.29, 1.82) is 0 Å². The van der Waals surface area contributed by atoms with Crippen LogP contribution in [0.5, 0.6) is 0 Å². The van der Waals surface area contributed by atoms with Crippen LogP contribution < -0.4 is 5.32 Å². The molecular weight excluding hydrogens is 428 g/mol. The number of amides is 2. The molecular formula is C27H32N4O3. The molecule has 2 aromatic carbocycles. The number of likely N-dealkylation sites (N-methyl/N-ethyl adjacent to an activating group) is 1. The highest BCUT2D eigenvalue weighted by Crippen LogP contribution is 2.23. The van der Waals surface area contributed by atoms with Crippen molar-refractivity contribution in [1.82, 2.24) is 20.3 Å². The van der Waals surface area contributed by atoms with E-state index in [1.807, 2.05) is 67.3 Å². The summed E-state index contributed by atoms with van der Waals surface area (Å²) in [6.45, 7) is 10.2. The molecule has 7 nitrogen and oxygen atoms in total. The Bertz CT molecular complexity index is 1130. The summed E-state index contributed by atoms with van der Waals surface area (Å²) in [6.07, 6.45) is 0.418. The van der Waals surface area contributed by atoms with E-state index in [1.54, 1.807) is 6.07 Å². The third-order valence-corrected chi connectivity index (χ3v) is 6.55. The molecule has 4 rings (SSSR count). The fraction of sp³-hybridized carbons (Fsp3) is 0.370. The van der Waals surface area contributed by atoms with Gasteiger partial charge in [0, 0.05) is 44.2 Å². The molecule has 0 unspecified atom stereocenters. The van der Waals surface area contributed by atoms with E-state index in [0.717, 1.165) is 36.3 Å². The van der Waals surface area contributed by atoms with Crippen molar-refractivity contribution < 1.29 is 14.1 Å². The number of piperazine rings is 1. The van der Waals surface area contributed by atoms with Crippen LogP contribution in [0.3, 0.4) is 0 Å². The van der Waals surface area contributed by atoms with Gasteiger partial charge in [0.25, 0.3) is 5.91 Å². The maximum atomic E-state index is 13.4. The smallest absolute Gasteiger partial charge is 0.274 e. The van der Waals surface area contributed by atoms with Gasteiger partial charge in [0.2, 0.25) is 5.91 Å². The van der Waals surface area contributed by atoms with Crippen molar-refractivity contribution in [3.8, 4) is 11.3 Å². The van der Waals surface area contributed by atoms with Crippen LogP contribution in [0.15, 0.2) is 59.1 Å². The molecule has 34 heavy (non-hydrogen) atoms. The fourth-order valence-electron chi connectivity index (χ4n) is 4.20. The van der Waals surface area contributed by atoms with Crippen molar-refractivity contribution in [3.63, 3.8) is 0 Å². The molecule has 1 saturated heterocycles. The zero-order chi connectivity index (χ0) is 24.1.